The molecule has 6 aromatic rings. The van der Waals surface area contributed by atoms with Crippen LogP contribution in [0.15, 0.2) is 120 Å². The number of rotatable bonds is 8. The summed E-state index contributed by atoms with van der Waals surface area (Å²) in [6, 6.07) is 43.0. The van der Waals surface area contributed by atoms with E-state index in [4.69, 9.17) is 0 Å². The Kier molecular flexibility index (Phi) is 14.0. The molecule has 0 bridgehead atoms. The number of hydrogen-bond acceptors (Lipinski definition) is 0. The van der Waals surface area contributed by atoms with Gasteiger partial charge in [0.1, 0.15) is 0 Å². The molecule has 0 fully saturated rings. The van der Waals surface area contributed by atoms with E-state index < -0.39 is 17.4 Å². The number of benzene rings is 6. The Bertz CT molecular complexity index is 2650. The van der Waals surface area contributed by atoms with Gasteiger partial charge in [0.25, 0.3) is 0 Å². The fourth-order valence-electron chi connectivity index (χ4n) is 11.8. The topological polar surface area (TPSA) is 0 Å². The van der Waals surface area contributed by atoms with E-state index in [-0.39, 0.29) is 35.6 Å². The van der Waals surface area contributed by atoms with Crippen molar-refractivity contribution in [3.63, 3.8) is 0 Å². The molecule has 8 rings (SSSR count). The quantitative estimate of drug-likeness (QED) is 0.133. The Labute approximate surface area is 401 Å². The number of aryl methyl sites for hydroxylation is 6. The molecule has 2 aliphatic rings. The van der Waals surface area contributed by atoms with Gasteiger partial charge in [-0.15, -0.1) is 24.8 Å². The SMILES string of the molecule is Cc1cc(C)c(CC2=Cc3c(-c4ccc(C(C)(C)C)cc4)cccc3[CH]2[Zr]([CH3])([CH3])(=[SiH2])[CH]2C(Cc3c(C)cc(C)cc3C)=Cc3c(-c4ccc(C(C)(C)C)cc4)cccc32)c(C)c1.Cl.Cl. The van der Waals surface area contributed by atoms with Crippen molar-refractivity contribution in [2.45, 2.75) is 123 Å². The summed E-state index contributed by atoms with van der Waals surface area (Å²) in [7, 11) is 0. The Morgan fingerprint density at radius 3 is 1.08 bits per heavy atom. The van der Waals surface area contributed by atoms with Gasteiger partial charge in [0.2, 0.25) is 0 Å². The first-order valence-electron chi connectivity index (χ1n) is 23.1. The molecule has 2 aliphatic carbocycles. The van der Waals surface area contributed by atoms with E-state index in [1.165, 1.54) is 89.0 Å². The Balaban J connectivity index is 0.00000340. The molecule has 0 heterocycles. The third-order valence-electron chi connectivity index (χ3n) is 14.8. The van der Waals surface area contributed by atoms with Gasteiger partial charge in [0.15, 0.2) is 0 Å². The van der Waals surface area contributed by atoms with E-state index in [0.717, 1.165) is 12.8 Å². The molecule has 0 amide bonds. The third kappa shape index (κ3) is 9.26. The molecule has 2 atom stereocenters. The number of fused-ring (bicyclic) bond motifs is 2. The van der Waals surface area contributed by atoms with Crippen LogP contribution in [0, 0.1) is 41.5 Å². The first kappa shape index (κ1) is 49.9. The summed E-state index contributed by atoms with van der Waals surface area (Å²) < 4.78 is 6.43. The Morgan fingerprint density at radius 2 is 0.781 bits per heavy atom. The summed E-state index contributed by atoms with van der Waals surface area (Å²) in [5, 5.41) is 0. The van der Waals surface area contributed by atoms with Crippen molar-refractivity contribution in [1.29, 1.82) is 0 Å². The average molecular weight is 983 g/mol. The van der Waals surface area contributed by atoms with Crippen LogP contribution in [-0.4, -0.2) is 6.88 Å². The normalized spacial score (nSPS) is 16.0. The Morgan fingerprint density at radius 1 is 0.469 bits per heavy atom. The molecule has 4 heteroatoms. The maximum atomic E-state index is 2.83. The predicted octanol–water partition coefficient (Wildman–Crippen LogP) is 16.7. The minimum absolute atomic E-state index is 0. The second-order valence-electron chi connectivity index (χ2n) is 22.6. The van der Waals surface area contributed by atoms with Crippen LogP contribution >= 0.6 is 24.8 Å². The fourth-order valence-corrected chi connectivity index (χ4v) is 31.5. The zero-order chi connectivity index (χ0) is 44.7. The van der Waals surface area contributed by atoms with E-state index in [0.29, 0.717) is 7.25 Å². The van der Waals surface area contributed by atoms with Crippen LogP contribution in [0.3, 0.4) is 0 Å². The van der Waals surface area contributed by atoms with Crippen molar-refractivity contribution in [3.05, 3.63) is 198 Å². The first-order chi connectivity index (χ1) is 29.0. The second kappa shape index (κ2) is 17.9. The van der Waals surface area contributed by atoms with Gasteiger partial charge in [-0.05, 0) is 0 Å². The Hall–Kier alpha value is -3.52. The van der Waals surface area contributed by atoms with Gasteiger partial charge in [-0.3, -0.25) is 0 Å². The summed E-state index contributed by atoms with van der Waals surface area (Å²) in [6.45, 7) is 30.2. The van der Waals surface area contributed by atoms with Crippen LogP contribution in [0.5, 0.6) is 0 Å². The zero-order valence-electron chi connectivity index (χ0n) is 41.1. The molecule has 64 heavy (non-hydrogen) atoms. The van der Waals surface area contributed by atoms with Gasteiger partial charge >= 0.3 is 380 Å². The monoisotopic (exact) mass is 980 g/mol. The van der Waals surface area contributed by atoms with Gasteiger partial charge in [-0.1, -0.05) is 0 Å². The van der Waals surface area contributed by atoms with E-state index >= 15 is 0 Å². The molecule has 0 saturated carbocycles. The van der Waals surface area contributed by atoms with Crippen molar-refractivity contribution >= 4 is 43.8 Å². The van der Waals surface area contributed by atoms with Crippen molar-refractivity contribution in [1.82, 2.24) is 0 Å². The van der Waals surface area contributed by atoms with Crippen molar-refractivity contribution < 1.29 is 17.4 Å². The van der Waals surface area contributed by atoms with Crippen molar-refractivity contribution in [2.75, 3.05) is 0 Å². The molecule has 0 aliphatic heterocycles. The number of hydrogen-bond donors (Lipinski definition) is 0. The van der Waals surface area contributed by atoms with Gasteiger partial charge in [0, 0.05) is 0 Å². The van der Waals surface area contributed by atoms with Crippen molar-refractivity contribution in [3.8, 4) is 22.3 Å². The first-order valence-corrected chi connectivity index (χ1v) is 36.8. The predicted molar refractivity (Wildman–Crippen MR) is 286 cm³/mol. The summed E-state index contributed by atoms with van der Waals surface area (Å²) in [5.74, 6) is 0. The second-order valence-corrected chi connectivity index (χ2v) is 53.1. The number of halogens is 2. The van der Waals surface area contributed by atoms with E-state index in [2.05, 4.69) is 221 Å². The van der Waals surface area contributed by atoms with Crippen LogP contribution in [0.4, 0.5) is 0 Å². The maximum Gasteiger partial charge on any atom is -0.147 e. The van der Waals surface area contributed by atoms with E-state index in [1.54, 1.807) is 22.3 Å². The van der Waals surface area contributed by atoms with Crippen LogP contribution in [-0.2, 0) is 41.1 Å². The molecule has 334 valence electrons. The van der Waals surface area contributed by atoms with Gasteiger partial charge in [0.05, 0.1) is 0 Å². The molecule has 6 aromatic carbocycles. The van der Waals surface area contributed by atoms with E-state index in [9.17, 15) is 0 Å². The van der Waals surface area contributed by atoms with Crippen LogP contribution in [0.2, 0.25) is 9.26 Å². The minimum atomic E-state index is -4.12. The smallest absolute Gasteiger partial charge is 0.147 e. The largest absolute Gasteiger partial charge is 0.147 e. The summed E-state index contributed by atoms with van der Waals surface area (Å²) in [6.07, 6.45) is 7.30. The summed E-state index contributed by atoms with van der Waals surface area (Å²) >= 11 is -4.12. The van der Waals surface area contributed by atoms with Crippen molar-refractivity contribution in [2.24, 2.45) is 0 Å². The molecule has 2 unspecified atom stereocenters. The molecule has 0 nitrogen and oxygen atoms in total. The molecular weight excluding hydrogens is 911 g/mol. The molecule has 0 radical (unpaired) electrons. The van der Waals surface area contributed by atoms with Gasteiger partial charge < -0.3 is 0 Å². The van der Waals surface area contributed by atoms with Crippen LogP contribution in [0.25, 0.3) is 34.4 Å². The molecule has 0 spiro atoms. The summed E-state index contributed by atoms with van der Waals surface area (Å²) in [5.41, 5.74) is 28.9. The molecular formula is C60H72Cl2SiZr. The molecule has 0 saturated heterocycles. The van der Waals surface area contributed by atoms with Crippen LogP contribution in [0.1, 0.15) is 127 Å². The van der Waals surface area contributed by atoms with Crippen LogP contribution < -0.4 is 0 Å². The molecule has 0 N–H and O–H groups in total. The van der Waals surface area contributed by atoms with Gasteiger partial charge in [-0.25, -0.2) is 0 Å². The summed E-state index contributed by atoms with van der Waals surface area (Å²) in [4.78, 5) is 0. The standard InChI is InChI=1S/2C29H31.2CH3.2ClH.H2Si.Zr/c2*1-19-14-20(2)27(21(3)15-19)17-22-16-24-8-7-9-26(28(24)18-22)23-10-12-25(13-11-23)29(4,5)6;;;;;;/h2*7-16,18H,17H2,1-6H3;2*1H3;2*1H;1H2;. The molecule has 0 aromatic heterocycles. The zero-order valence-corrected chi connectivity index (χ0v) is 46.6. The fraction of sp³-hybridized carbons (Fsp3) is 0.333. The number of allylic oxidation sites excluding steroid dienone is 2. The average Bonchev–Trinajstić information content (AvgIpc) is 3.77. The van der Waals surface area contributed by atoms with Gasteiger partial charge in [-0.2, -0.15) is 0 Å². The third-order valence-corrected chi connectivity index (χ3v) is 32.3. The van der Waals surface area contributed by atoms with E-state index in [1.807, 2.05) is 0 Å². The maximum absolute atomic E-state index is 4.12. The minimum Gasteiger partial charge on any atom is -0.147 e.